The Kier molecular flexibility index (Phi) is 6.30. The molecule has 134 valence electrons. The van der Waals surface area contributed by atoms with Gasteiger partial charge in [-0.05, 0) is 35.4 Å². The predicted molar refractivity (Wildman–Crippen MR) is 116 cm³/mol. The van der Waals surface area contributed by atoms with E-state index in [9.17, 15) is 10.5 Å². The number of halogens is 2. The largest absolute Gasteiger partial charge is 0.192 e. The third kappa shape index (κ3) is 4.33. The zero-order chi connectivity index (χ0) is 19.9. The number of hydrogen-bond acceptors (Lipinski definition) is 2. The van der Waals surface area contributed by atoms with Crippen molar-refractivity contribution in [1.82, 2.24) is 0 Å². The summed E-state index contributed by atoms with van der Waals surface area (Å²) in [6, 6.07) is 26.4. The quantitative estimate of drug-likeness (QED) is 0.345. The van der Waals surface area contributed by atoms with Crippen LogP contribution in [0, 0.1) is 22.7 Å². The Hall–Kier alpha value is -3.30. The van der Waals surface area contributed by atoms with Crippen LogP contribution in [0.4, 0.5) is 0 Å². The molecule has 0 aromatic heterocycles. The van der Waals surface area contributed by atoms with Gasteiger partial charge in [-0.25, -0.2) is 0 Å². The zero-order valence-electron chi connectivity index (χ0n) is 14.7. The zero-order valence-corrected chi connectivity index (χ0v) is 16.2. The summed E-state index contributed by atoms with van der Waals surface area (Å²) in [6.07, 6.45) is 3.54. The molecule has 0 heterocycles. The molecule has 0 radical (unpaired) electrons. The first-order chi connectivity index (χ1) is 13.6. The molecule has 3 rings (SSSR count). The van der Waals surface area contributed by atoms with Gasteiger partial charge in [0, 0.05) is 21.2 Å². The average Bonchev–Trinajstić information content (AvgIpc) is 2.72. The normalized spacial score (nSPS) is 11.6. The van der Waals surface area contributed by atoms with Gasteiger partial charge in [0.15, 0.2) is 0 Å². The molecule has 0 saturated heterocycles. The lowest BCUT2D eigenvalue weighted by Gasteiger charge is -2.07. The second kappa shape index (κ2) is 9.07. The van der Waals surface area contributed by atoms with Crippen LogP contribution in [0.1, 0.15) is 22.3 Å². The van der Waals surface area contributed by atoms with Gasteiger partial charge < -0.3 is 0 Å². The second-order valence-corrected chi connectivity index (χ2v) is 6.74. The average molecular weight is 401 g/mol. The minimum atomic E-state index is 0.447. The molecule has 28 heavy (non-hydrogen) atoms. The van der Waals surface area contributed by atoms with Crippen LogP contribution in [0.5, 0.6) is 0 Å². The van der Waals surface area contributed by atoms with E-state index in [1.165, 1.54) is 0 Å². The van der Waals surface area contributed by atoms with E-state index in [4.69, 9.17) is 23.2 Å². The van der Waals surface area contributed by atoms with Crippen molar-refractivity contribution in [3.8, 4) is 12.1 Å². The van der Waals surface area contributed by atoms with Crippen LogP contribution in [-0.4, -0.2) is 0 Å². The van der Waals surface area contributed by atoms with Crippen molar-refractivity contribution in [3.05, 3.63) is 105 Å². The van der Waals surface area contributed by atoms with Gasteiger partial charge in [0.05, 0.1) is 23.3 Å². The molecule has 0 aliphatic carbocycles. The number of hydrogen-bond donors (Lipinski definition) is 0. The summed E-state index contributed by atoms with van der Waals surface area (Å²) < 4.78 is 0. The van der Waals surface area contributed by atoms with Crippen LogP contribution in [0.15, 0.2) is 72.8 Å². The van der Waals surface area contributed by atoms with Gasteiger partial charge in [0.25, 0.3) is 0 Å². The predicted octanol–water partition coefficient (Wildman–Crippen LogP) is 7.12. The number of benzene rings is 3. The van der Waals surface area contributed by atoms with E-state index in [0.717, 1.165) is 11.1 Å². The molecular weight excluding hydrogens is 387 g/mol. The minimum absolute atomic E-state index is 0.447. The standard InChI is InChI=1S/C24H14Cl2N2/c25-23-11-5-3-9-21(23)19(15-27)13-17-7-1-2-8-18(17)14-20(16-28)22-10-4-6-12-24(22)26/h1-14H. The number of rotatable bonds is 4. The van der Waals surface area contributed by atoms with Crippen LogP contribution in [0.3, 0.4) is 0 Å². The van der Waals surface area contributed by atoms with Crippen molar-refractivity contribution < 1.29 is 0 Å². The molecule has 4 heteroatoms. The van der Waals surface area contributed by atoms with E-state index in [-0.39, 0.29) is 0 Å². The summed E-state index contributed by atoms with van der Waals surface area (Å²) in [6.45, 7) is 0. The van der Waals surface area contributed by atoms with Gasteiger partial charge in [0.1, 0.15) is 0 Å². The molecule has 0 atom stereocenters. The number of allylic oxidation sites excluding steroid dienone is 2. The van der Waals surface area contributed by atoms with Crippen molar-refractivity contribution >= 4 is 46.5 Å². The van der Waals surface area contributed by atoms with Crippen LogP contribution >= 0.6 is 23.2 Å². The summed E-state index contributed by atoms with van der Waals surface area (Å²) >= 11 is 12.5. The molecule has 2 nitrogen and oxygen atoms in total. The lowest BCUT2D eigenvalue weighted by atomic mass is 9.97. The number of nitrogens with zero attached hydrogens (tertiary/aromatic N) is 2. The fraction of sp³-hybridized carbons (Fsp3) is 0. The van der Waals surface area contributed by atoms with Crippen molar-refractivity contribution in [2.24, 2.45) is 0 Å². The second-order valence-electron chi connectivity index (χ2n) is 5.93. The molecule has 3 aromatic carbocycles. The molecule has 0 fully saturated rings. The van der Waals surface area contributed by atoms with Gasteiger partial charge in [-0.15, -0.1) is 0 Å². The van der Waals surface area contributed by atoms with E-state index >= 15 is 0 Å². The Labute approximate surface area is 174 Å². The third-order valence-corrected chi connectivity index (χ3v) is 4.82. The first-order valence-electron chi connectivity index (χ1n) is 8.46. The summed E-state index contributed by atoms with van der Waals surface area (Å²) in [5.41, 5.74) is 3.83. The van der Waals surface area contributed by atoms with Crippen molar-refractivity contribution in [3.63, 3.8) is 0 Å². The Morgan fingerprint density at radius 3 is 1.32 bits per heavy atom. The summed E-state index contributed by atoms with van der Waals surface area (Å²) in [5.74, 6) is 0. The molecule has 0 N–H and O–H groups in total. The van der Waals surface area contributed by atoms with E-state index < -0.39 is 0 Å². The van der Waals surface area contributed by atoms with Gasteiger partial charge in [-0.2, -0.15) is 10.5 Å². The Morgan fingerprint density at radius 2 is 0.964 bits per heavy atom. The maximum Gasteiger partial charge on any atom is 0.0998 e. The molecule has 0 bridgehead atoms. The van der Waals surface area contributed by atoms with E-state index in [1.807, 2.05) is 48.5 Å². The lowest BCUT2D eigenvalue weighted by Crippen LogP contribution is -1.88. The van der Waals surface area contributed by atoms with Crippen LogP contribution < -0.4 is 0 Å². The minimum Gasteiger partial charge on any atom is -0.192 e. The molecule has 0 unspecified atom stereocenters. The Bertz CT molecular complexity index is 1070. The SMILES string of the molecule is N#CC(=Cc1ccccc1C=C(C#N)c1ccccc1Cl)c1ccccc1Cl. The first-order valence-corrected chi connectivity index (χ1v) is 9.22. The molecule has 3 aromatic rings. The fourth-order valence-electron chi connectivity index (χ4n) is 2.78. The highest BCUT2D eigenvalue weighted by atomic mass is 35.5. The van der Waals surface area contributed by atoms with Crippen molar-refractivity contribution in [2.75, 3.05) is 0 Å². The molecule has 0 saturated carbocycles. The molecule has 0 amide bonds. The summed E-state index contributed by atoms with van der Waals surface area (Å²) in [5, 5.41) is 20.3. The summed E-state index contributed by atoms with van der Waals surface area (Å²) in [7, 11) is 0. The van der Waals surface area contributed by atoms with E-state index in [2.05, 4.69) is 12.1 Å². The van der Waals surface area contributed by atoms with Gasteiger partial charge in [-0.1, -0.05) is 83.9 Å². The molecule has 0 spiro atoms. The first kappa shape index (κ1) is 19.5. The smallest absolute Gasteiger partial charge is 0.0998 e. The van der Waals surface area contributed by atoms with Crippen molar-refractivity contribution in [1.29, 1.82) is 10.5 Å². The van der Waals surface area contributed by atoms with Crippen LogP contribution in [0.2, 0.25) is 10.0 Å². The lowest BCUT2D eigenvalue weighted by molar-refractivity contribution is 1.51. The van der Waals surface area contributed by atoms with Gasteiger partial charge >= 0.3 is 0 Å². The van der Waals surface area contributed by atoms with Crippen LogP contribution in [0.25, 0.3) is 23.3 Å². The highest BCUT2D eigenvalue weighted by Gasteiger charge is 2.09. The third-order valence-electron chi connectivity index (χ3n) is 4.16. The highest BCUT2D eigenvalue weighted by molar-refractivity contribution is 6.33. The molecular formula is C24H14Cl2N2. The summed E-state index contributed by atoms with van der Waals surface area (Å²) in [4.78, 5) is 0. The van der Waals surface area contributed by atoms with Crippen molar-refractivity contribution in [2.45, 2.75) is 0 Å². The maximum absolute atomic E-state index is 9.64. The maximum atomic E-state index is 9.64. The van der Waals surface area contributed by atoms with Gasteiger partial charge in [0.2, 0.25) is 0 Å². The van der Waals surface area contributed by atoms with Gasteiger partial charge in [-0.3, -0.25) is 0 Å². The Morgan fingerprint density at radius 1 is 0.607 bits per heavy atom. The fourth-order valence-corrected chi connectivity index (χ4v) is 3.26. The van der Waals surface area contributed by atoms with E-state index in [0.29, 0.717) is 32.3 Å². The van der Waals surface area contributed by atoms with Crippen LogP contribution in [-0.2, 0) is 0 Å². The number of nitriles is 2. The highest BCUT2D eigenvalue weighted by Crippen LogP contribution is 2.29. The molecule has 0 aliphatic heterocycles. The Balaban J connectivity index is 2.12. The monoisotopic (exact) mass is 400 g/mol. The van der Waals surface area contributed by atoms with E-state index in [1.54, 1.807) is 36.4 Å². The molecule has 0 aliphatic rings. The topological polar surface area (TPSA) is 47.6 Å².